The fraction of sp³-hybridized carbons (Fsp3) is 0.700. The van der Waals surface area contributed by atoms with Gasteiger partial charge in [0.25, 0.3) is 5.22 Å². The van der Waals surface area contributed by atoms with Crippen molar-refractivity contribution in [1.82, 2.24) is 10.3 Å². The molecule has 0 spiro atoms. The molecule has 14 heavy (non-hydrogen) atoms. The highest BCUT2D eigenvalue weighted by Crippen LogP contribution is 2.22. The minimum absolute atomic E-state index is 0.826. The van der Waals surface area contributed by atoms with E-state index in [1.807, 2.05) is 13.8 Å². The van der Waals surface area contributed by atoms with Crippen LogP contribution in [0.3, 0.4) is 0 Å². The molecule has 0 radical (unpaired) electrons. The molecule has 1 aromatic rings. The number of thioether (sulfide) groups is 1. The van der Waals surface area contributed by atoms with E-state index in [0.717, 1.165) is 28.3 Å². The van der Waals surface area contributed by atoms with Gasteiger partial charge in [0.05, 0.1) is 5.69 Å². The summed E-state index contributed by atoms with van der Waals surface area (Å²) in [5.41, 5.74) is 1.01. The van der Waals surface area contributed by atoms with Gasteiger partial charge < -0.3 is 9.73 Å². The Kier molecular flexibility index (Phi) is 3.13. The van der Waals surface area contributed by atoms with Crippen molar-refractivity contribution in [2.45, 2.75) is 25.5 Å². The molecule has 4 heteroatoms. The quantitative estimate of drug-likeness (QED) is 0.775. The Balaban J connectivity index is 1.74. The molecule has 2 rings (SSSR count). The summed E-state index contributed by atoms with van der Waals surface area (Å²) in [4.78, 5) is 4.33. The lowest BCUT2D eigenvalue weighted by Gasteiger charge is -2.26. The molecule has 1 N–H and O–H groups in total. The third kappa shape index (κ3) is 2.30. The molecule has 0 bridgehead atoms. The monoisotopic (exact) mass is 212 g/mol. The summed E-state index contributed by atoms with van der Waals surface area (Å²) in [6, 6.07) is 0. The van der Waals surface area contributed by atoms with E-state index in [-0.39, 0.29) is 0 Å². The first-order valence-electron chi connectivity index (χ1n) is 5.03. The number of nitrogens with one attached hydrogen (secondary N) is 1. The van der Waals surface area contributed by atoms with Gasteiger partial charge in [-0.05, 0) is 39.3 Å². The summed E-state index contributed by atoms with van der Waals surface area (Å²) >= 11 is 1.73. The lowest BCUT2D eigenvalue weighted by atomic mass is 10.0. The highest BCUT2D eigenvalue weighted by atomic mass is 32.2. The summed E-state index contributed by atoms with van der Waals surface area (Å²) < 4.78 is 5.48. The van der Waals surface area contributed by atoms with Gasteiger partial charge in [-0.1, -0.05) is 11.8 Å². The van der Waals surface area contributed by atoms with E-state index in [4.69, 9.17) is 4.42 Å². The van der Waals surface area contributed by atoms with Crippen LogP contribution in [-0.4, -0.2) is 23.8 Å². The normalized spacial score (nSPS) is 17.0. The molecule has 0 aliphatic carbocycles. The van der Waals surface area contributed by atoms with E-state index >= 15 is 0 Å². The average Bonchev–Trinajstić information content (AvgIpc) is 2.37. The van der Waals surface area contributed by atoms with Gasteiger partial charge in [0.2, 0.25) is 0 Å². The largest absolute Gasteiger partial charge is 0.437 e. The molecule has 1 fully saturated rings. The Morgan fingerprint density at radius 3 is 2.79 bits per heavy atom. The molecule has 0 aromatic carbocycles. The van der Waals surface area contributed by atoms with Crippen molar-refractivity contribution in [2.75, 3.05) is 18.8 Å². The molecular weight excluding hydrogens is 196 g/mol. The molecule has 0 amide bonds. The van der Waals surface area contributed by atoms with Crippen molar-refractivity contribution in [1.29, 1.82) is 0 Å². The fourth-order valence-corrected chi connectivity index (χ4v) is 2.38. The summed E-state index contributed by atoms with van der Waals surface area (Å²) in [5, 5.41) is 4.10. The van der Waals surface area contributed by atoms with Gasteiger partial charge in [-0.3, -0.25) is 0 Å². The number of aromatic nitrogens is 1. The lowest BCUT2D eigenvalue weighted by Crippen LogP contribution is -2.42. The second kappa shape index (κ2) is 4.36. The van der Waals surface area contributed by atoms with Gasteiger partial charge in [-0.25, -0.2) is 4.98 Å². The number of hydrogen-bond acceptors (Lipinski definition) is 4. The number of hydrogen-bond donors (Lipinski definition) is 1. The molecule has 1 aromatic heterocycles. The van der Waals surface area contributed by atoms with Gasteiger partial charge in [0.15, 0.2) is 0 Å². The van der Waals surface area contributed by atoms with Gasteiger partial charge in [0.1, 0.15) is 5.76 Å². The standard InChI is InChI=1S/C10H16N2OS/c1-7-8(2)13-10(12-7)14-4-3-9-5-11-6-9/h9,11H,3-6H2,1-2H3. The number of oxazole rings is 1. The van der Waals surface area contributed by atoms with Crippen molar-refractivity contribution in [3.05, 3.63) is 11.5 Å². The third-order valence-corrected chi connectivity index (χ3v) is 3.49. The number of aryl methyl sites for hydroxylation is 2. The molecule has 2 heterocycles. The highest BCUT2D eigenvalue weighted by molar-refractivity contribution is 7.99. The van der Waals surface area contributed by atoms with Crippen molar-refractivity contribution < 1.29 is 4.42 Å². The van der Waals surface area contributed by atoms with E-state index in [0.29, 0.717) is 0 Å². The van der Waals surface area contributed by atoms with Crippen molar-refractivity contribution in [2.24, 2.45) is 5.92 Å². The molecule has 1 aliphatic rings. The third-order valence-electron chi connectivity index (χ3n) is 2.63. The molecule has 0 unspecified atom stereocenters. The SMILES string of the molecule is Cc1nc(SCCC2CNC2)oc1C. The van der Waals surface area contributed by atoms with Gasteiger partial charge in [0, 0.05) is 5.75 Å². The first-order valence-corrected chi connectivity index (χ1v) is 6.02. The summed E-state index contributed by atoms with van der Waals surface area (Å²) in [7, 11) is 0. The average molecular weight is 212 g/mol. The van der Waals surface area contributed by atoms with Crippen LogP contribution in [0.15, 0.2) is 9.64 Å². The Morgan fingerprint density at radius 2 is 2.29 bits per heavy atom. The van der Waals surface area contributed by atoms with E-state index < -0.39 is 0 Å². The molecule has 0 atom stereocenters. The molecular formula is C10H16N2OS. The molecule has 1 saturated heterocycles. The number of nitrogens with zero attached hydrogens (tertiary/aromatic N) is 1. The van der Waals surface area contributed by atoms with Gasteiger partial charge in [-0.15, -0.1) is 0 Å². The molecule has 78 valence electrons. The van der Waals surface area contributed by atoms with E-state index in [1.54, 1.807) is 11.8 Å². The maximum atomic E-state index is 5.48. The Morgan fingerprint density at radius 1 is 1.50 bits per heavy atom. The maximum Gasteiger partial charge on any atom is 0.256 e. The molecule has 1 aliphatic heterocycles. The smallest absolute Gasteiger partial charge is 0.256 e. The van der Waals surface area contributed by atoms with Crippen LogP contribution in [-0.2, 0) is 0 Å². The van der Waals surface area contributed by atoms with Crippen LogP contribution in [0.25, 0.3) is 0 Å². The van der Waals surface area contributed by atoms with E-state index in [9.17, 15) is 0 Å². The number of rotatable bonds is 4. The van der Waals surface area contributed by atoms with Crippen molar-refractivity contribution >= 4 is 11.8 Å². The Bertz CT molecular complexity index is 288. The zero-order valence-corrected chi connectivity index (χ0v) is 9.49. The summed E-state index contributed by atoms with van der Waals surface area (Å²) in [5.74, 6) is 2.93. The van der Waals surface area contributed by atoms with Crippen LogP contribution >= 0.6 is 11.8 Å². The topological polar surface area (TPSA) is 38.1 Å². The first-order chi connectivity index (χ1) is 6.75. The van der Waals surface area contributed by atoms with Crippen LogP contribution in [0.4, 0.5) is 0 Å². The molecule has 0 saturated carbocycles. The Hall–Kier alpha value is -0.480. The van der Waals surface area contributed by atoms with Gasteiger partial charge >= 0.3 is 0 Å². The second-order valence-corrected chi connectivity index (χ2v) is 4.83. The van der Waals surface area contributed by atoms with Crippen LogP contribution in [0.2, 0.25) is 0 Å². The van der Waals surface area contributed by atoms with Crippen molar-refractivity contribution in [3.63, 3.8) is 0 Å². The van der Waals surface area contributed by atoms with Crippen LogP contribution in [0.1, 0.15) is 17.9 Å². The van der Waals surface area contributed by atoms with Crippen LogP contribution in [0, 0.1) is 19.8 Å². The van der Waals surface area contributed by atoms with E-state index in [2.05, 4.69) is 10.3 Å². The second-order valence-electron chi connectivity index (χ2n) is 3.78. The predicted molar refractivity (Wildman–Crippen MR) is 57.7 cm³/mol. The maximum absolute atomic E-state index is 5.48. The Labute approximate surface area is 88.7 Å². The zero-order valence-electron chi connectivity index (χ0n) is 8.67. The molecule has 3 nitrogen and oxygen atoms in total. The van der Waals surface area contributed by atoms with Crippen LogP contribution in [0.5, 0.6) is 0 Å². The minimum atomic E-state index is 0.826. The van der Waals surface area contributed by atoms with E-state index in [1.165, 1.54) is 19.5 Å². The summed E-state index contributed by atoms with van der Waals surface area (Å²) in [6.45, 7) is 6.31. The summed E-state index contributed by atoms with van der Waals surface area (Å²) in [6.07, 6.45) is 1.26. The van der Waals surface area contributed by atoms with Crippen LogP contribution < -0.4 is 5.32 Å². The zero-order chi connectivity index (χ0) is 9.97. The van der Waals surface area contributed by atoms with Crippen molar-refractivity contribution in [3.8, 4) is 0 Å². The minimum Gasteiger partial charge on any atom is -0.437 e. The highest BCUT2D eigenvalue weighted by Gasteiger charge is 2.16. The first kappa shape index (κ1) is 10.1. The predicted octanol–water partition coefficient (Wildman–Crippen LogP) is 1.99. The fourth-order valence-electron chi connectivity index (χ4n) is 1.37. The van der Waals surface area contributed by atoms with Gasteiger partial charge in [-0.2, -0.15) is 0 Å². The lowest BCUT2D eigenvalue weighted by molar-refractivity contribution is 0.340.